The molecule has 1 N–H and O–H groups in total. The van der Waals surface area contributed by atoms with Crippen molar-refractivity contribution < 1.29 is 13.9 Å². The summed E-state index contributed by atoms with van der Waals surface area (Å²) >= 11 is 3.38. The maximum Gasteiger partial charge on any atom is 0.258 e. The number of benzene rings is 2. The Hall–Kier alpha value is -1.88. The molecular formula is C16H15BrFNO2. The van der Waals surface area contributed by atoms with Gasteiger partial charge in [-0.3, -0.25) is 4.79 Å². The zero-order valence-electron chi connectivity index (χ0n) is 11.5. The minimum absolute atomic E-state index is 0.0725. The maximum atomic E-state index is 13.8. The molecule has 0 atom stereocenters. The molecule has 0 aliphatic carbocycles. The van der Waals surface area contributed by atoms with Gasteiger partial charge in [0.2, 0.25) is 0 Å². The number of hydrogen-bond acceptors (Lipinski definition) is 2. The number of ether oxygens (including phenoxy) is 1. The molecule has 0 bridgehead atoms. The average Bonchev–Trinajstić information content (AvgIpc) is 2.52. The Bertz CT molecular complexity index is 646. The maximum absolute atomic E-state index is 13.8. The van der Waals surface area contributed by atoms with Gasteiger partial charge in [0.25, 0.3) is 5.91 Å². The lowest BCUT2D eigenvalue weighted by Crippen LogP contribution is -2.24. The number of alkyl halides is 1. The van der Waals surface area contributed by atoms with Crippen LogP contribution in [-0.2, 0) is 11.9 Å². The van der Waals surface area contributed by atoms with Gasteiger partial charge in [0, 0.05) is 11.9 Å². The van der Waals surface area contributed by atoms with Crippen molar-refractivity contribution >= 4 is 21.8 Å². The Morgan fingerprint density at radius 3 is 2.67 bits per heavy atom. The molecule has 0 saturated heterocycles. The van der Waals surface area contributed by atoms with Crippen molar-refractivity contribution in [2.45, 2.75) is 11.9 Å². The molecule has 110 valence electrons. The van der Waals surface area contributed by atoms with Crippen LogP contribution in [0.2, 0.25) is 0 Å². The zero-order valence-corrected chi connectivity index (χ0v) is 13.1. The number of carbonyl (C=O) groups is 1. The number of hydrogen-bond donors (Lipinski definition) is 1. The van der Waals surface area contributed by atoms with Gasteiger partial charge in [-0.05, 0) is 23.3 Å². The van der Waals surface area contributed by atoms with E-state index in [0.717, 1.165) is 16.5 Å². The summed E-state index contributed by atoms with van der Waals surface area (Å²) in [5.74, 6) is -0.864. The number of carbonyl (C=O) groups excluding carboxylic acids is 1. The SMILES string of the molecule is COc1cccc(F)c1C(=O)NCc1cccc(CBr)c1. The van der Waals surface area contributed by atoms with Crippen LogP contribution in [0.25, 0.3) is 0 Å². The van der Waals surface area contributed by atoms with Gasteiger partial charge in [-0.15, -0.1) is 0 Å². The molecule has 0 saturated carbocycles. The van der Waals surface area contributed by atoms with Crippen molar-refractivity contribution in [3.8, 4) is 5.75 Å². The van der Waals surface area contributed by atoms with Crippen molar-refractivity contribution in [3.05, 3.63) is 65.0 Å². The summed E-state index contributed by atoms with van der Waals surface area (Å²) in [4.78, 5) is 12.1. The second-order valence-electron chi connectivity index (χ2n) is 4.45. The molecule has 0 radical (unpaired) electrons. The number of nitrogens with one attached hydrogen (secondary N) is 1. The minimum Gasteiger partial charge on any atom is -0.496 e. The molecule has 21 heavy (non-hydrogen) atoms. The van der Waals surface area contributed by atoms with E-state index in [9.17, 15) is 9.18 Å². The molecule has 0 spiro atoms. The van der Waals surface area contributed by atoms with Crippen LogP contribution in [0, 0.1) is 5.82 Å². The van der Waals surface area contributed by atoms with Gasteiger partial charge in [0.05, 0.1) is 7.11 Å². The second-order valence-corrected chi connectivity index (χ2v) is 5.01. The van der Waals surface area contributed by atoms with Crippen LogP contribution in [-0.4, -0.2) is 13.0 Å². The Kier molecular flexibility index (Phi) is 5.33. The highest BCUT2D eigenvalue weighted by Crippen LogP contribution is 2.21. The molecule has 0 heterocycles. The standard InChI is InChI=1S/C16H15BrFNO2/c1-21-14-7-3-6-13(18)15(14)16(20)19-10-12-5-2-4-11(8-12)9-17/h2-8H,9-10H2,1H3,(H,19,20). The minimum atomic E-state index is -0.596. The van der Waals surface area contributed by atoms with E-state index in [4.69, 9.17) is 4.74 Å². The van der Waals surface area contributed by atoms with Crippen molar-refractivity contribution in [1.29, 1.82) is 0 Å². The summed E-state index contributed by atoms with van der Waals surface area (Å²) < 4.78 is 18.8. The van der Waals surface area contributed by atoms with Crippen LogP contribution >= 0.6 is 15.9 Å². The zero-order chi connectivity index (χ0) is 15.2. The van der Waals surface area contributed by atoms with E-state index in [2.05, 4.69) is 21.2 Å². The average molecular weight is 352 g/mol. The number of amides is 1. The lowest BCUT2D eigenvalue weighted by atomic mass is 10.1. The molecule has 0 aromatic heterocycles. The third kappa shape index (κ3) is 3.82. The lowest BCUT2D eigenvalue weighted by molar-refractivity contribution is 0.0943. The van der Waals surface area contributed by atoms with E-state index < -0.39 is 11.7 Å². The Balaban J connectivity index is 2.12. The van der Waals surface area contributed by atoms with Crippen molar-refractivity contribution in [2.75, 3.05) is 7.11 Å². The summed E-state index contributed by atoms with van der Waals surface area (Å²) in [5, 5.41) is 3.45. The first-order valence-corrected chi connectivity index (χ1v) is 7.52. The number of halogens is 2. The monoisotopic (exact) mass is 351 g/mol. The number of methoxy groups -OCH3 is 1. The molecule has 0 aliphatic heterocycles. The van der Waals surface area contributed by atoms with E-state index >= 15 is 0 Å². The first-order chi connectivity index (χ1) is 10.2. The van der Waals surface area contributed by atoms with Crippen molar-refractivity contribution in [2.24, 2.45) is 0 Å². The van der Waals surface area contributed by atoms with Crippen molar-refractivity contribution in [1.82, 2.24) is 5.32 Å². The predicted molar refractivity (Wildman–Crippen MR) is 83.2 cm³/mol. The van der Waals surface area contributed by atoms with Crippen LogP contribution in [0.4, 0.5) is 4.39 Å². The van der Waals surface area contributed by atoms with Gasteiger partial charge in [0.15, 0.2) is 0 Å². The summed E-state index contributed by atoms with van der Waals surface area (Å²) in [6.07, 6.45) is 0. The number of rotatable bonds is 5. The van der Waals surface area contributed by atoms with Crippen LogP contribution in [0.3, 0.4) is 0 Å². The topological polar surface area (TPSA) is 38.3 Å². The fourth-order valence-electron chi connectivity index (χ4n) is 1.99. The molecule has 3 nitrogen and oxygen atoms in total. The van der Waals surface area contributed by atoms with E-state index in [-0.39, 0.29) is 11.3 Å². The predicted octanol–water partition coefficient (Wildman–Crippen LogP) is 3.66. The second kappa shape index (κ2) is 7.22. The van der Waals surface area contributed by atoms with E-state index in [0.29, 0.717) is 6.54 Å². The van der Waals surface area contributed by atoms with Crippen LogP contribution < -0.4 is 10.1 Å². The normalized spacial score (nSPS) is 10.2. The van der Waals surface area contributed by atoms with Gasteiger partial charge >= 0.3 is 0 Å². The fourth-order valence-corrected chi connectivity index (χ4v) is 2.34. The van der Waals surface area contributed by atoms with Gasteiger partial charge in [-0.2, -0.15) is 0 Å². The van der Waals surface area contributed by atoms with Gasteiger partial charge in [0.1, 0.15) is 17.1 Å². The fraction of sp³-hybridized carbons (Fsp3) is 0.188. The molecule has 0 fully saturated rings. The molecule has 2 aromatic rings. The third-order valence-electron chi connectivity index (χ3n) is 3.02. The molecule has 5 heteroatoms. The van der Waals surface area contributed by atoms with Crippen LogP contribution in [0.5, 0.6) is 5.75 Å². The third-order valence-corrected chi connectivity index (χ3v) is 3.67. The van der Waals surface area contributed by atoms with Gasteiger partial charge in [-0.1, -0.05) is 46.3 Å². The van der Waals surface area contributed by atoms with Gasteiger partial charge < -0.3 is 10.1 Å². The molecule has 2 aromatic carbocycles. The first-order valence-electron chi connectivity index (χ1n) is 6.40. The summed E-state index contributed by atoms with van der Waals surface area (Å²) in [6, 6.07) is 12.1. The highest BCUT2D eigenvalue weighted by atomic mass is 79.9. The molecule has 2 rings (SSSR count). The molecule has 0 unspecified atom stereocenters. The van der Waals surface area contributed by atoms with E-state index in [1.54, 1.807) is 6.07 Å². The molecule has 0 aliphatic rings. The van der Waals surface area contributed by atoms with Crippen LogP contribution in [0.15, 0.2) is 42.5 Å². The van der Waals surface area contributed by atoms with E-state index in [1.165, 1.54) is 19.2 Å². The Morgan fingerprint density at radius 1 is 1.24 bits per heavy atom. The van der Waals surface area contributed by atoms with E-state index in [1.807, 2.05) is 24.3 Å². The smallest absolute Gasteiger partial charge is 0.258 e. The highest BCUT2D eigenvalue weighted by molar-refractivity contribution is 9.08. The quantitative estimate of drug-likeness (QED) is 0.834. The summed E-state index contributed by atoms with van der Waals surface area (Å²) in [6.45, 7) is 0.331. The largest absolute Gasteiger partial charge is 0.496 e. The first kappa shape index (κ1) is 15.5. The molecular weight excluding hydrogens is 337 g/mol. The lowest BCUT2D eigenvalue weighted by Gasteiger charge is -2.10. The highest BCUT2D eigenvalue weighted by Gasteiger charge is 2.17. The summed E-state index contributed by atoms with van der Waals surface area (Å²) in [5.41, 5.74) is 2.00. The Morgan fingerprint density at radius 2 is 1.95 bits per heavy atom. The van der Waals surface area contributed by atoms with Crippen molar-refractivity contribution in [3.63, 3.8) is 0 Å². The Labute approximate surface area is 131 Å². The molecule has 1 amide bonds. The van der Waals surface area contributed by atoms with Crippen LogP contribution in [0.1, 0.15) is 21.5 Å². The van der Waals surface area contributed by atoms with Gasteiger partial charge in [-0.25, -0.2) is 4.39 Å². The summed E-state index contributed by atoms with van der Waals surface area (Å²) in [7, 11) is 1.41.